The summed E-state index contributed by atoms with van der Waals surface area (Å²) in [5.41, 5.74) is 0. The van der Waals surface area contributed by atoms with Crippen molar-refractivity contribution in [3.8, 4) is 0 Å². The minimum absolute atomic E-state index is 0.403. The Bertz CT molecular complexity index is 295. The van der Waals surface area contributed by atoms with Gasteiger partial charge in [0, 0.05) is 25.6 Å². The van der Waals surface area contributed by atoms with E-state index >= 15 is 0 Å². The van der Waals surface area contributed by atoms with E-state index in [1.807, 2.05) is 0 Å². The van der Waals surface area contributed by atoms with E-state index in [9.17, 15) is 4.79 Å². The highest BCUT2D eigenvalue weighted by Crippen LogP contribution is 2.32. The molecule has 1 unspecified atom stereocenters. The lowest BCUT2D eigenvalue weighted by molar-refractivity contribution is -0.132. The maximum atomic E-state index is 12.1. The summed E-state index contributed by atoms with van der Waals surface area (Å²) in [5, 5.41) is 0. The first kappa shape index (κ1) is 12.5. The largest absolute Gasteiger partial charge is 0.342 e. The Balaban J connectivity index is 1.46. The van der Waals surface area contributed by atoms with Crippen molar-refractivity contribution in [2.45, 2.75) is 44.9 Å². The van der Waals surface area contributed by atoms with Gasteiger partial charge in [-0.15, -0.1) is 0 Å². The highest BCUT2D eigenvalue weighted by molar-refractivity contribution is 5.81. The van der Waals surface area contributed by atoms with Crippen LogP contribution in [0.5, 0.6) is 0 Å². The molecule has 3 heteroatoms. The van der Waals surface area contributed by atoms with Gasteiger partial charge in [-0.05, 0) is 64.0 Å². The van der Waals surface area contributed by atoms with E-state index in [4.69, 9.17) is 0 Å². The summed E-state index contributed by atoms with van der Waals surface area (Å²) < 4.78 is 0. The number of carbonyl (C=O) groups excluding carboxylic acids is 1. The van der Waals surface area contributed by atoms with Crippen molar-refractivity contribution in [2.75, 3.05) is 32.7 Å². The monoisotopic (exact) mass is 250 g/mol. The van der Waals surface area contributed by atoms with E-state index in [1.54, 1.807) is 0 Å². The van der Waals surface area contributed by atoms with Gasteiger partial charge in [-0.3, -0.25) is 4.79 Å². The Labute approximate surface area is 111 Å². The summed E-state index contributed by atoms with van der Waals surface area (Å²) in [6.45, 7) is 5.94. The van der Waals surface area contributed by atoms with Crippen LogP contribution >= 0.6 is 0 Å². The average Bonchev–Trinajstić information content (AvgIpc) is 3.14. The van der Waals surface area contributed by atoms with Crippen molar-refractivity contribution in [1.82, 2.24) is 9.80 Å². The molecule has 3 rings (SSSR count). The minimum atomic E-state index is 0.403. The van der Waals surface area contributed by atoms with Crippen molar-refractivity contribution in [3.63, 3.8) is 0 Å². The van der Waals surface area contributed by atoms with Gasteiger partial charge < -0.3 is 9.80 Å². The van der Waals surface area contributed by atoms with Gasteiger partial charge in [0.1, 0.15) is 0 Å². The molecule has 1 atom stereocenters. The van der Waals surface area contributed by atoms with Crippen molar-refractivity contribution < 1.29 is 4.79 Å². The zero-order valence-electron chi connectivity index (χ0n) is 11.4. The van der Waals surface area contributed by atoms with Crippen LogP contribution in [0.25, 0.3) is 0 Å². The number of hydrogen-bond acceptors (Lipinski definition) is 2. The van der Waals surface area contributed by atoms with Crippen LogP contribution in [0, 0.1) is 11.8 Å². The van der Waals surface area contributed by atoms with Crippen LogP contribution in [-0.4, -0.2) is 48.4 Å². The molecular formula is C15H26N2O. The standard InChI is InChI=1S/C15H26N2O/c18-15(14-5-6-14)17-10-3-4-13(7-11-17)12-16-8-1-2-9-16/h13-14H,1-12H2. The van der Waals surface area contributed by atoms with E-state index in [0.717, 1.165) is 31.8 Å². The molecule has 0 bridgehead atoms. The highest BCUT2D eigenvalue weighted by atomic mass is 16.2. The van der Waals surface area contributed by atoms with Crippen molar-refractivity contribution in [3.05, 3.63) is 0 Å². The molecule has 3 aliphatic rings. The van der Waals surface area contributed by atoms with Crippen LogP contribution in [0.3, 0.4) is 0 Å². The number of amides is 1. The number of likely N-dealkylation sites (tertiary alicyclic amines) is 2. The van der Waals surface area contributed by atoms with Gasteiger partial charge >= 0.3 is 0 Å². The van der Waals surface area contributed by atoms with Gasteiger partial charge in [-0.1, -0.05) is 0 Å². The Morgan fingerprint density at radius 3 is 2.39 bits per heavy atom. The molecule has 2 saturated heterocycles. The molecular weight excluding hydrogens is 224 g/mol. The van der Waals surface area contributed by atoms with Crippen LogP contribution in [0.2, 0.25) is 0 Å². The van der Waals surface area contributed by atoms with Gasteiger partial charge in [0.05, 0.1) is 0 Å². The lowest BCUT2D eigenvalue weighted by atomic mass is 10.0. The lowest BCUT2D eigenvalue weighted by Gasteiger charge is -2.23. The second-order valence-electron chi connectivity index (χ2n) is 6.40. The summed E-state index contributed by atoms with van der Waals surface area (Å²) in [6, 6.07) is 0. The van der Waals surface area contributed by atoms with E-state index in [0.29, 0.717) is 11.8 Å². The molecule has 0 aromatic rings. The van der Waals surface area contributed by atoms with E-state index in [1.165, 1.54) is 51.7 Å². The second kappa shape index (κ2) is 5.60. The molecule has 1 aliphatic carbocycles. The molecule has 2 heterocycles. The van der Waals surface area contributed by atoms with Crippen molar-refractivity contribution >= 4 is 5.91 Å². The van der Waals surface area contributed by atoms with Crippen molar-refractivity contribution in [2.24, 2.45) is 11.8 Å². The first-order valence-corrected chi connectivity index (χ1v) is 7.84. The molecule has 2 aliphatic heterocycles. The van der Waals surface area contributed by atoms with Crippen molar-refractivity contribution in [1.29, 1.82) is 0 Å². The lowest BCUT2D eigenvalue weighted by Crippen LogP contribution is -2.33. The molecule has 0 aromatic carbocycles. The van der Waals surface area contributed by atoms with E-state index in [-0.39, 0.29) is 0 Å². The van der Waals surface area contributed by atoms with Gasteiger partial charge in [-0.25, -0.2) is 0 Å². The summed E-state index contributed by atoms with van der Waals surface area (Å²) in [5.74, 6) is 1.69. The molecule has 3 fully saturated rings. The predicted octanol–water partition coefficient (Wildman–Crippen LogP) is 2.12. The molecule has 1 amide bonds. The Morgan fingerprint density at radius 2 is 1.67 bits per heavy atom. The zero-order chi connectivity index (χ0) is 12.4. The normalized spacial score (nSPS) is 30.4. The van der Waals surface area contributed by atoms with Crippen LogP contribution < -0.4 is 0 Å². The third-order valence-corrected chi connectivity index (χ3v) is 4.80. The van der Waals surface area contributed by atoms with E-state index < -0.39 is 0 Å². The maximum Gasteiger partial charge on any atom is 0.225 e. The van der Waals surface area contributed by atoms with Crippen LogP contribution in [0.15, 0.2) is 0 Å². The average molecular weight is 250 g/mol. The molecule has 0 N–H and O–H groups in total. The topological polar surface area (TPSA) is 23.6 Å². The Kier molecular flexibility index (Phi) is 3.88. The van der Waals surface area contributed by atoms with Gasteiger partial charge in [0.25, 0.3) is 0 Å². The molecule has 1 saturated carbocycles. The number of carbonyl (C=O) groups is 1. The van der Waals surface area contributed by atoms with Gasteiger partial charge in [0.15, 0.2) is 0 Å². The van der Waals surface area contributed by atoms with E-state index in [2.05, 4.69) is 9.80 Å². The third-order valence-electron chi connectivity index (χ3n) is 4.80. The fraction of sp³-hybridized carbons (Fsp3) is 0.933. The fourth-order valence-corrected chi connectivity index (χ4v) is 3.49. The zero-order valence-corrected chi connectivity index (χ0v) is 11.4. The van der Waals surface area contributed by atoms with Crippen LogP contribution in [0.4, 0.5) is 0 Å². The first-order chi connectivity index (χ1) is 8.83. The third kappa shape index (κ3) is 3.05. The van der Waals surface area contributed by atoms with Crippen LogP contribution in [0.1, 0.15) is 44.9 Å². The highest BCUT2D eigenvalue weighted by Gasteiger charge is 2.34. The summed E-state index contributed by atoms with van der Waals surface area (Å²) in [6.07, 6.45) is 8.84. The maximum absolute atomic E-state index is 12.1. The van der Waals surface area contributed by atoms with Crippen LogP contribution in [-0.2, 0) is 4.79 Å². The van der Waals surface area contributed by atoms with Gasteiger partial charge in [0.2, 0.25) is 5.91 Å². The molecule has 0 radical (unpaired) electrons. The number of nitrogens with zero attached hydrogens (tertiary/aromatic N) is 2. The molecule has 3 nitrogen and oxygen atoms in total. The van der Waals surface area contributed by atoms with Gasteiger partial charge in [-0.2, -0.15) is 0 Å². The quantitative estimate of drug-likeness (QED) is 0.766. The SMILES string of the molecule is O=C(C1CC1)N1CCCC(CN2CCCC2)CC1. The fourth-order valence-electron chi connectivity index (χ4n) is 3.49. The first-order valence-electron chi connectivity index (χ1n) is 7.84. The smallest absolute Gasteiger partial charge is 0.225 e. The summed E-state index contributed by atoms with van der Waals surface area (Å²) in [4.78, 5) is 16.9. The second-order valence-corrected chi connectivity index (χ2v) is 6.40. The molecule has 0 aromatic heterocycles. The Hall–Kier alpha value is -0.570. The molecule has 102 valence electrons. The summed E-state index contributed by atoms with van der Waals surface area (Å²) in [7, 11) is 0. The number of hydrogen-bond donors (Lipinski definition) is 0. The molecule has 18 heavy (non-hydrogen) atoms. The Morgan fingerprint density at radius 1 is 0.889 bits per heavy atom. The predicted molar refractivity (Wildman–Crippen MR) is 72.3 cm³/mol. The minimum Gasteiger partial charge on any atom is -0.342 e. The summed E-state index contributed by atoms with van der Waals surface area (Å²) >= 11 is 0. The molecule has 0 spiro atoms. The number of rotatable bonds is 3.